The molecule has 7 heteroatoms. The van der Waals surface area contributed by atoms with Gasteiger partial charge in [-0.05, 0) is 56.2 Å². The van der Waals surface area contributed by atoms with E-state index in [2.05, 4.69) is 6.92 Å². The maximum atomic E-state index is 13.3. The Balaban J connectivity index is 2.06. The van der Waals surface area contributed by atoms with Crippen LogP contribution >= 0.6 is 23.1 Å². The Bertz CT molecular complexity index is 1150. The fourth-order valence-electron chi connectivity index (χ4n) is 3.67. The number of piperidine rings is 1. The van der Waals surface area contributed by atoms with Gasteiger partial charge in [0.25, 0.3) is 5.56 Å². The number of carbonyl (C=O) groups excluding carboxylic acids is 2. The number of amides is 1. The summed E-state index contributed by atoms with van der Waals surface area (Å²) >= 11 is 2.93. The first kappa shape index (κ1) is 24.5. The maximum absolute atomic E-state index is 13.3. The monoisotopic (exact) mass is 472 g/mol. The quantitative estimate of drug-likeness (QED) is 0.627. The van der Waals surface area contributed by atoms with E-state index < -0.39 is 5.41 Å². The van der Waals surface area contributed by atoms with Crippen LogP contribution in [0.15, 0.2) is 34.0 Å². The van der Waals surface area contributed by atoms with Gasteiger partial charge in [-0.3, -0.25) is 19.0 Å². The van der Waals surface area contributed by atoms with E-state index in [-0.39, 0.29) is 29.8 Å². The average molecular weight is 473 g/mol. The second-order valence-corrected chi connectivity index (χ2v) is 11.2. The lowest BCUT2D eigenvalue weighted by Gasteiger charge is -2.33. The summed E-state index contributed by atoms with van der Waals surface area (Å²) in [7, 11) is 0. The maximum Gasteiger partial charge on any atom is 0.269 e. The number of likely N-dealkylation sites (tertiary alicyclic amines) is 1. The average Bonchev–Trinajstić information content (AvgIpc) is 3.02. The first-order valence-corrected chi connectivity index (χ1v) is 13.1. The summed E-state index contributed by atoms with van der Waals surface area (Å²) in [6.07, 6.45) is 8.47. The molecule has 0 aliphatic carbocycles. The molecule has 172 valence electrons. The normalized spacial score (nSPS) is 18.3. The Kier molecular flexibility index (Phi) is 7.83. The summed E-state index contributed by atoms with van der Waals surface area (Å²) in [5.74, 6) is -0.131. The van der Waals surface area contributed by atoms with Crippen LogP contribution in [-0.4, -0.2) is 40.0 Å². The van der Waals surface area contributed by atoms with Crippen molar-refractivity contribution in [3.63, 3.8) is 0 Å². The molecule has 5 nitrogen and oxygen atoms in total. The van der Waals surface area contributed by atoms with E-state index in [0.29, 0.717) is 9.20 Å². The van der Waals surface area contributed by atoms with Crippen molar-refractivity contribution < 1.29 is 9.59 Å². The highest BCUT2D eigenvalue weighted by Gasteiger charge is 2.25. The lowest BCUT2D eigenvalue weighted by Crippen LogP contribution is -2.46. The van der Waals surface area contributed by atoms with Crippen LogP contribution < -0.4 is 14.8 Å². The molecule has 3 rings (SSSR count). The van der Waals surface area contributed by atoms with E-state index in [1.54, 1.807) is 11.8 Å². The van der Waals surface area contributed by atoms with Gasteiger partial charge in [-0.25, -0.2) is 0 Å². The van der Waals surface area contributed by atoms with Crippen LogP contribution in [0, 0.1) is 5.41 Å². The number of aromatic nitrogens is 1. The molecule has 1 aromatic carbocycles. The van der Waals surface area contributed by atoms with Crippen molar-refractivity contribution in [2.45, 2.75) is 64.4 Å². The molecule has 1 amide bonds. The number of Topliss-reactive ketones (excluding diaryl/α,β-unsaturated/α-hetero) is 1. The predicted molar refractivity (Wildman–Crippen MR) is 134 cm³/mol. The first-order valence-electron chi connectivity index (χ1n) is 11.0. The third kappa shape index (κ3) is 5.81. The van der Waals surface area contributed by atoms with Gasteiger partial charge in [-0.2, -0.15) is 0 Å². The number of hydrogen-bond acceptors (Lipinski definition) is 5. The summed E-state index contributed by atoms with van der Waals surface area (Å²) in [6, 6.07) is 8.15. The molecule has 32 heavy (non-hydrogen) atoms. The zero-order valence-electron chi connectivity index (χ0n) is 19.5. The number of thiazole rings is 1. The molecule has 0 N–H and O–H groups in total. The van der Waals surface area contributed by atoms with Crippen molar-refractivity contribution >= 4 is 46.9 Å². The molecular formula is C25H32N2O3S2. The largest absolute Gasteiger partial charge is 0.338 e. The second kappa shape index (κ2) is 10.2. The van der Waals surface area contributed by atoms with E-state index in [1.807, 2.05) is 62.3 Å². The Morgan fingerprint density at radius 2 is 1.88 bits per heavy atom. The van der Waals surface area contributed by atoms with Crippen molar-refractivity contribution in [2.24, 2.45) is 5.41 Å². The van der Waals surface area contributed by atoms with Crippen molar-refractivity contribution in [1.82, 2.24) is 9.47 Å². The van der Waals surface area contributed by atoms with Crippen LogP contribution in [0.1, 0.15) is 52.5 Å². The van der Waals surface area contributed by atoms with Gasteiger partial charge in [0.05, 0.1) is 4.53 Å². The Morgan fingerprint density at radius 1 is 1.19 bits per heavy atom. The van der Waals surface area contributed by atoms with Crippen LogP contribution in [0.2, 0.25) is 0 Å². The van der Waals surface area contributed by atoms with Crippen molar-refractivity contribution in [3.8, 4) is 0 Å². The number of hydrogen-bond donors (Lipinski definition) is 0. The van der Waals surface area contributed by atoms with Gasteiger partial charge in [0, 0.05) is 29.0 Å². The molecule has 1 saturated heterocycles. The summed E-state index contributed by atoms with van der Waals surface area (Å²) in [5, 5.41) is 0. The lowest BCUT2D eigenvalue weighted by molar-refractivity contribution is -0.135. The highest BCUT2D eigenvalue weighted by Crippen LogP contribution is 2.17. The number of carbonyl (C=O) groups is 2. The van der Waals surface area contributed by atoms with Crippen LogP contribution in [0.25, 0.3) is 12.2 Å². The molecule has 0 bridgehead atoms. The molecule has 1 fully saturated rings. The second-order valence-electron chi connectivity index (χ2n) is 9.30. The Labute approximate surface area is 197 Å². The molecule has 2 heterocycles. The molecule has 1 atom stereocenters. The van der Waals surface area contributed by atoms with E-state index >= 15 is 0 Å². The summed E-state index contributed by atoms with van der Waals surface area (Å²) < 4.78 is 2.52. The summed E-state index contributed by atoms with van der Waals surface area (Å²) in [6.45, 7) is 8.29. The zero-order valence-corrected chi connectivity index (χ0v) is 21.1. The van der Waals surface area contributed by atoms with Gasteiger partial charge in [0.1, 0.15) is 11.2 Å². The fraction of sp³-hybridized carbons (Fsp3) is 0.480. The summed E-state index contributed by atoms with van der Waals surface area (Å²) in [5.41, 5.74) is 0.126. The van der Waals surface area contributed by atoms with E-state index in [1.165, 1.54) is 22.0 Å². The van der Waals surface area contributed by atoms with Crippen LogP contribution in [0.4, 0.5) is 0 Å². The van der Waals surface area contributed by atoms with Crippen molar-refractivity contribution in [2.75, 3.05) is 12.8 Å². The van der Waals surface area contributed by atoms with Crippen LogP contribution in [0.3, 0.4) is 0 Å². The van der Waals surface area contributed by atoms with E-state index in [0.717, 1.165) is 36.3 Å². The van der Waals surface area contributed by atoms with Crippen LogP contribution in [-0.2, 0) is 16.1 Å². The highest BCUT2D eigenvalue weighted by molar-refractivity contribution is 7.98. The first-order chi connectivity index (χ1) is 15.1. The van der Waals surface area contributed by atoms with Crippen molar-refractivity contribution in [1.29, 1.82) is 0 Å². The molecule has 0 saturated carbocycles. The van der Waals surface area contributed by atoms with E-state index in [4.69, 9.17) is 0 Å². The number of thioether (sulfide) groups is 1. The van der Waals surface area contributed by atoms with Crippen LogP contribution in [0.5, 0.6) is 0 Å². The molecule has 1 aliphatic heterocycles. The minimum absolute atomic E-state index is 0.0395. The lowest BCUT2D eigenvalue weighted by atomic mass is 9.91. The smallest absolute Gasteiger partial charge is 0.269 e. The van der Waals surface area contributed by atoms with Gasteiger partial charge in [0.2, 0.25) is 5.91 Å². The predicted octanol–water partition coefficient (Wildman–Crippen LogP) is 3.26. The Morgan fingerprint density at radius 3 is 2.47 bits per heavy atom. The Hall–Kier alpha value is -2.12. The van der Waals surface area contributed by atoms with Gasteiger partial charge in [-0.15, -0.1) is 23.1 Å². The molecule has 0 radical (unpaired) electrons. The molecule has 1 aliphatic rings. The zero-order chi connectivity index (χ0) is 23.5. The van der Waals surface area contributed by atoms with E-state index in [9.17, 15) is 14.4 Å². The van der Waals surface area contributed by atoms with Gasteiger partial charge in [-0.1, -0.05) is 32.9 Å². The number of rotatable bonds is 5. The fourth-order valence-corrected chi connectivity index (χ4v) is 5.12. The third-order valence-corrected chi connectivity index (χ3v) is 7.56. The molecule has 1 unspecified atom stereocenters. The third-order valence-electron chi connectivity index (χ3n) is 5.76. The minimum atomic E-state index is -0.562. The van der Waals surface area contributed by atoms with Gasteiger partial charge in [0.15, 0.2) is 5.78 Å². The van der Waals surface area contributed by atoms with Crippen molar-refractivity contribution in [3.05, 3.63) is 49.4 Å². The number of benzene rings is 1. The molecule has 1 aromatic heterocycles. The highest BCUT2D eigenvalue weighted by atomic mass is 32.2. The molecule has 0 spiro atoms. The number of nitrogens with zero attached hydrogens (tertiary/aromatic N) is 2. The summed E-state index contributed by atoms with van der Waals surface area (Å²) in [4.78, 5) is 42.1. The van der Waals surface area contributed by atoms with Gasteiger partial charge >= 0.3 is 0 Å². The van der Waals surface area contributed by atoms with Gasteiger partial charge < -0.3 is 4.90 Å². The number of ketones is 1. The minimum Gasteiger partial charge on any atom is -0.338 e. The SMILES string of the molecule is CSc1ccc(/C=c2\s/c(=C\C(=O)C(C)(C)C)n(CC(=O)N3CCCCC3C)c2=O)cc1. The molecular weight excluding hydrogens is 440 g/mol. The topological polar surface area (TPSA) is 59.4 Å². The molecule has 2 aromatic rings. The standard InChI is InChI=1S/C25H32N2O3S2/c1-17-8-6-7-13-26(17)22(29)16-27-23(15-21(28)25(2,3)4)32-20(24(27)30)14-18-9-11-19(31-5)12-10-18/h9-12,14-15,17H,6-8,13,16H2,1-5H3/b20-14-,23-15-.